The largest absolute Gasteiger partial charge is 0.373 e. The Morgan fingerprint density at radius 1 is 1.12 bits per heavy atom. The van der Waals surface area contributed by atoms with Crippen molar-refractivity contribution in [1.29, 1.82) is 0 Å². The van der Waals surface area contributed by atoms with Crippen molar-refractivity contribution in [3.8, 4) is 0 Å². The van der Waals surface area contributed by atoms with Crippen molar-refractivity contribution in [3.05, 3.63) is 0 Å². The fourth-order valence-corrected chi connectivity index (χ4v) is 5.35. The Bertz CT molecular complexity index is 535. The van der Waals surface area contributed by atoms with Crippen LogP contribution in [0.25, 0.3) is 0 Å². The number of amides is 1. The van der Waals surface area contributed by atoms with Crippen LogP contribution in [0.15, 0.2) is 0 Å². The van der Waals surface area contributed by atoms with Crippen LogP contribution in [0.1, 0.15) is 46.0 Å². The van der Waals surface area contributed by atoms with E-state index in [4.69, 9.17) is 4.74 Å². The highest BCUT2D eigenvalue weighted by Gasteiger charge is 2.42. The maximum Gasteiger partial charge on any atom is 0.220 e. The molecule has 1 aliphatic heterocycles. The number of nitrogens with zero attached hydrogens (tertiary/aromatic N) is 1. The highest BCUT2D eigenvalue weighted by molar-refractivity contribution is 7.89. The molecule has 0 aromatic heterocycles. The summed E-state index contributed by atoms with van der Waals surface area (Å²) in [6.07, 6.45) is 5.44. The lowest BCUT2D eigenvalue weighted by molar-refractivity contribution is -0.122. The molecule has 1 heterocycles. The zero-order valence-corrected chi connectivity index (χ0v) is 15.6. The summed E-state index contributed by atoms with van der Waals surface area (Å²) < 4.78 is 31.9. The van der Waals surface area contributed by atoms with Crippen molar-refractivity contribution in [2.75, 3.05) is 25.4 Å². The summed E-state index contributed by atoms with van der Waals surface area (Å²) in [7, 11) is -3.34. The van der Waals surface area contributed by atoms with Gasteiger partial charge in [-0.3, -0.25) is 4.79 Å². The zero-order chi connectivity index (χ0) is 17.3. The van der Waals surface area contributed by atoms with Gasteiger partial charge >= 0.3 is 0 Å². The second-order valence-corrected chi connectivity index (χ2v) is 9.87. The molecule has 2 atom stereocenters. The molecule has 24 heavy (non-hydrogen) atoms. The van der Waals surface area contributed by atoms with Gasteiger partial charge in [0.25, 0.3) is 0 Å². The number of hydrogen-bond donors (Lipinski definition) is 1. The molecule has 7 heteroatoms. The Hall–Kier alpha value is -0.660. The molecular formula is C17H30N2O4S. The Balaban J connectivity index is 1.42. The molecule has 0 radical (unpaired) electrons. The molecular weight excluding hydrogens is 328 g/mol. The molecule has 6 nitrogen and oxygen atoms in total. The maximum absolute atomic E-state index is 12.4. The summed E-state index contributed by atoms with van der Waals surface area (Å²) in [4.78, 5) is 12.1. The number of rotatable bonds is 8. The van der Waals surface area contributed by atoms with Crippen LogP contribution in [0.2, 0.25) is 0 Å². The van der Waals surface area contributed by atoms with Gasteiger partial charge < -0.3 is 10.1 Å². The quantitative estimate of drug-likeness (QED) is 0.711. The number of ether oxygens (including phenoxy) is 1. The van der Waals surface area contributed by atoms with Gasteiger partial charge in [-0.1, -0.05) is 0 Å². The highest BCUT2D eigenvalue weighted by Crippen LogP contribution is 2.50. The monoisotopic (exact) mass is 358 g/mol. The predicted molar refractivity (Wildman–Crippen MR) is 91.9 cm³/mol. The van der Waals surface area contributed by atoms with E-state index in [1.165, 1.54) is 30.0 Å². The van der Waals surface area contributed by atoms with Gasteiger partial charge in [-0.05, 0) is 57.3 Å². The Kier molecular flexibility index (Phi) is 5.52. The standard InChI is InChI=1S/C17H30N2O4S/c1-12-10-19(11-13(2)23-12)24(21,22)8-7-18-17(20)9-16(14-3-4-14)15-5-6-15/h12-16H,3-11H2,1-2H3,(H,18,20). The molecule has 0 aromatic rings. The van der Waals surface area contributed by atoms with Crippen molar-refractivity contribution in [2.45, 2.75) is 58.2 Å². The van der Waals surface area contributed by atoms with Gasteiger partial charge in [0.2, 0.25) is 15.9 Å². The van der Waals surface area contributed by atoms with Gasteiger partial charge in [0, 0.05) is 26.1 Å². The van der Waals surface area contributed by atoms with E-state index in [9.17, 15) is 13.2 Å². The van der Waals surface area contributed by atoms with E-state index in [-0.39, 0.29) is 30.4 Å². The van der Waals surface area contributed by atoms with Crippen molar-refractivity contribution in [3.63, 3.8) is 0 Å². The first-order chi connectivity index (χ1) is 11.3. The number of nitrogens with one attached hydrogen (secondary N) is 1. The van der Waals surface area contributed by atoms with Crippen molar-refractivity contribution in [2.24, 2.45) is 17.8 Å². The van der Waals surface area contributed by atoms with Crippen LogP contribution < -0.4 is 5.32 Å². The van der Waals surface area contributed by atoms with Crippen LogP contribution in [0, 0.1) is 17.8 Å². The van der Waals surface area contributed by atoms with Crippen LogP contribution in [0.5, 0.6) is 0 Å². The molecule has 2 unspecified atom stereocenters. The first kappa shape index (κ1) is 18.1. The van der Waals surface area contributed by atoms with Crippen LogP contribution in [-0.2, 0) is 19.6 Å². The zero-order valence-electron chi connectivity index (χ0n) is 14.7. The van der Waals surface area contributed by atoms with Gasteiger partial charge in [-0.2, -0.15) is 4.31 Å². The molecule has 1 amide bonds. The lowest BCUT2D eigenvalue weighted by Crippen LogP contribution is -2.49. The minimum Gasteiger partial charge on any atom is -0.373 e. The number of sulfonamides is 1. The summed E-state index contributed by atoms with van der Waals surface area (Å²) in [5.74, 6) is 1.99. The molecule has 138 valence electrons. The average molecular weight is 359 g/mol. The first-order valence-corrected chi connectivity index (χ1v) is 10.9. The van der Waals surface area contributed by atoms with Gasteiger partial charge in [-0.15, -0.1) is 0 Å². The van der Waals surface area contributed by atoms with Crippen molar-refractivity contribution >= 4 is 15.9 Å². The minimum absolute atomic E-state index is 0.0118. The summed E-state index contributed by atoms with van der Waals surface area (Å²) in [5, 5.41) is 2.82. The summed E-state index contributed by atoms with van der Waals surface area (Å²) in [6.45, 7) is 4.76. The molecule has 0 aromatic carbocycles. The second-order valence-electron chi connectivity index (χ2n) is 7.78. The van der Waals surface area contributed by atoms with Gasteiger partial charge in [-0.25, -0.2) is 8.42 Å². The Morgan fingerprint density at radius 2 is 1.67 bits per heavy atom. The minimum atomic E-state index is -3.34. The molecule has 0 spiro atoms. The molecule has 2 saturated carbocycles. The number of carbonyl (C=O) groups is 1. The van der Waals surface area contributed by atoms with E-state index in [1.807, 2.05) is 13.8 Å². The second kappa shape index (κ2) is 7.30. The molecule has 3 fully saturated rings. The maximum atomic E-state index is 12.4. The van der Waals surface area contributed by atoms with E-state index < -0.39 is 10.0 Å². The van der Waals surface area contributed by atoms with Crippen LogP contribution in [-0.4, -0.2) is 56.2 Å². The fourth-order valence-electron chi connectivity index (χ4n) is 3.86. The fraction of sp³-hybridized carbons (Fsp3) is 0.941. The molecule has 2 aliphatic carbocycles. The van der Waals surface area contributed by atoms with E-state index >= 15 is 0 Å². The Morgan fingerprint density at radius 3 is 2.17 bits per heavy atom. The molecule has 1 N–H and O–H groups in total. The normalized spacial score (nSPS) is 29.0. The topological polar surface area (TPSA) is 75.7 Å². The third-order valence-corrected chi connectivity index (χ3v) is 7.14. The van der Waals surface area contributed by atoms with Crippen LogP contribution in [0.4, 0.5) is 0 Å². The third kappa shape index (κ3) is 4.92. The number of hydrogen-bond acceptors (Lipinski definition) is 4. The average Bonchev–Trinajstić information content (AvgIpc) is 3.37. The van der Waals surface area contributed by atoms with E-state index in [2.05, 4.69) is 5.32 Å². The summed E-state index contributed by atoms with van der Waals surface area (Å²) in [6, 6.07) is 0. The summed E-state index contributed by atoms with van der Waals surface area (Å²) in [5.41, 5.74) is 0. The first-order valence-electron chi connectivity index (χ1n) is 9.25. The van der Waals surface area contributed by atoms with E-state index in [0.29, 0.717) is 25.4 Å². The smallest absolute Gasteiger partial charge is 0.220 e. The van der Waals surface area contributed by atoms with E-state index in [1.54, 1.807) is 0 Å². The van der Waals surface area contributed by atoms with Gasteiger partial charge in [0.1, 0.15) is 0 Å². The molecule has 0 bridgehead atoms. The van der Waals surface area contributed by atoms with Crippen LogP contribution in [0.3, 0.4) is 0 Å². The lowest BCUT2D eigenvalue weighted by atomic mass is 9.94. The predicted octanol–water partition coefficient (Wildman–Crippen LogP) is 1.37. The number of morpholine rings is 1. The van der Waals surface area contributed by atoms with Crippen molar-refractivity contribution in [1.82, 2.24) is 9.62 Å². The number of carbonyl (C=O) groups excluding carboxylic acids is 1. The Labute approximate surface area is 145 Å². The van der Waals surface area contributed by atoms with Crippen LogP contribution >= 0.6 is 0 Å². The van der Waals surface area contributed by atoms with Gasteiger partial charge in [0.05, 0.1) is 18.0 Å². The van der Waals surface area contributed by atoms with Crippen molar-refractivity contribution < 1.29 is 17.9 Å². The molecule has 3 aliphatic rings. The summed E-state index contributed by atoms with van der Waals surface area (Å²) >= 11 is 0. The van der Waals surface area contributed by atoms with Gasteiger partial charge in [0.15, 0.2) is 0 Å². The molecule has 1 saturated heterocycles. The van der Waals surface area contributed by atoms with E-state index in [0.717, 1.165) is 11.8 Å². The SMILES string of the molecule is CC1CN(S(=O)(=O)CCNC(=O)CC(C2CC2)C2CC2)CC(C)O1. The highest BCUT2D eigenvalue weighted by atomic mass is 32.2. The lowest BCUT2D eigenvalue weighted by Gasteiger charge is -2.34. The molecule has 3 rings (SSSR count). The third-order valence-electron chi connectivity index (χ3n) is 5.34.